The Kier molecular flexibility index (Phi) is 2.96. The lowest BCUT2D eigenvalue weighted by Gasteiger charge is -2.22. The van der Waals surface area contributed by atoms with E-state index in [0.717, 1.165) is 0 Å². The molecule has 0 saturated carbocycles. The Hall–Kier alpha value is -0.670. The van der Waals surface area contributed by atoms with Gasteiger partial charge in [-0.2, -0.15) is 0 Å². The van der Waals surface area contributed by atoms with Gasteiger partial charge in [-0.05, 0) is 5.92 Å². The minimum atomic E-state index is -3.14. The van der Waals surface area contributed by atoms with E-state index in [2.05, 4.69) is 0 Å². The van der Waals surface area contributed by atoms with Crippen molar-refractivity contribution in [2.75, 3.05) is 0 Å². The molecule has 0 radical (unpaired) electrons. The molecule has 1 atom stereocenters. The van der Waals surface area contributed by atoms with E-state index in [9.17, 15) is 13.6 Å². The van der Waals surface area contributed by atoms with Gasteiger partial charge in [0.05, 0.1) is 0 Å². The maximum absolute atomic E-state index is 12.5. The van der Waals surface area contributed by atoms with Crippen molar-refractivity contribution < 1.29 is 18.7 Å². The first kappa shape index (κ1) is 10.3. The fourth-order valence-electron chi connectivity index (χ4n) is 1.09. The van der Waals surface area contributed by atoms with E-state index in [1.54, 1.807) is 0 Å². The standard InChI is InChI=1S/C7H12F2O2/c1-4(2)5(6(10)11)7(3,8)9/h4-5H,1-3H3,(H,10,11). The summed E-state index contributed by atoms with van der Waals surface area (Å²) in [7, 11) is 0. The lowest BCUT2D eigenvalue weighted by Crippen LogP contribution is -2.35. The number of carboxylic acid groups (broad SMARTS) is 1. The van der Waals surface area contributed by atoms with Gasteiger partial charge in [-0.15, -0.1) is 0 Å². The Morgan fingerprint density at radius 2 is 1.82 bits per heavy atom. The minimum Gasteiger partial charge on any atom is -0.481 e. The molecular weight excluding hydrogens is 154 g/mol. The predicted octanol–water partition coefficient (Wildman–Crippen LogP) is 2.00. The van der Waals surface area contributed by atoms with Gasteiger partial charge in [0, 0.05) is 6.92 Å². The van der Waals surface area contributed by atoms with Crippen molar-refractivity contribution in [2.45, 2.75) is 26.7 Å². The topological polar surface area (TPSA) is 37.3 Å². The number of rotatable bonds is 3. The second-order valence-corrected chi connectivity index (χ2v) is 3.02. The molecule has 11 heavy (non-hydrogen) atoms. The van der Waals surface area contributed by atoms with E-state index in [1.165, 1.54) is 13.8 Å². The predicted molar refractivity (Wildman–Crippen MR) is 36.6 cm³/mol. The SMILES string of the molecule is CC(C)C(C(=O)O)C(C)(F)F. The van der Waals surface area contributed by atoms with E-state index in [1.807, 2.05) is 0 Å². The summed E-state index contributed by atoms with van der Waals surface area (Å²) in [5, 5.41) is 8.40. The van der Waals surface area contributed by atoms with Gasteiger partial charge in [0.2, 0.25) is 0 Å². The van der Waals surface area contributed by atoms with E-state index < -0.39 is 23.7 Å². The van der Waals surface area contributed by atoms with Crippen LogP contribution in [0.15, 0.2) is 0 Å². The third-order valence-electron chi connectivity index (χ3n) is 1.48. The molecule has 0 spiro atoms. The van der Waals surface area contributed by atoms with Crippen LogP contribution in [0.5, 0.6) is 0 Å². The fourth-order valence-corrected chi connectivity index (χ4v) is 1.09. The van der Waals surface area contributed by atoms with Crippen molar-refractivity contribution in [1.82, 2.24) is 0 Å². The van der Waals surface area contributed by atoms with Crippen molar-refractivity contribution in [3.05, 3.63) is 0 Å². The summed E-state index contributed by atoms with van der Waals surface area (Å²) < 4.78 is 25.0. The smallest absolute Gasteiger partial charge is 0.312 e. The molecule has 0 saturated heterocycles. The number of aliphatic carboxylic acids is 1. The zero-order valence-corrected chi connectivity index (χ0v) is 6.77. The van der Waals surface area contributed by atoms with Gasteiger partial charge in [-0.1, -0.05) is 13.8 Å². The lowest BCUT2D eigenvalue weighted by molar-refractivity contribution is -0.158. The van der Waals surface area contributed by atoms with Gasteiger partial charge >= 0.3 is 5.97 Å². The van der Waals surface area contributed by atoms with Gasteiger partial charge in [-0.25, -0.2) is 8.78 Å². The molecular formula is C7H12F2O2. The lowest BCUT2D eigenvalue weighted by atomic mass is 9.90. The summed E-state index contributed by atoms with van der Waals surface area (Å²) >= 11 is 0. The number of hydrogen-bond acceptors (Lipinski definition) is 1. The zero-order valence-electron chi connectivity index (χ0n) is 6.77. The summed E-state index contributed by atoms with van der Waals surface area (Å²) in [4.78, 5) is 10.3. The number of carbonyl (C=O) groups is 1. The fraction of sp³-hybridized carbons (Fsp3) is 0.857. The van der Waals surface area contributed by atoms with E-state index >= 15 is 0 Å². The van der Waals surface area contributed by atoms with Gasteiger partial charge in [-0.3, -0.25) is 4.79 Å². The van der Waals surface area contributed by atoms with Crippen LogP contribution >= 0.6 is 0 Å². The summed E-state index contributed by atoms with van der Waals surface area (Å²) in [6, 6.07) is 0. The Bertz CT molecular complexity index is 149. The van der Waals surface area contributed by atoms with Crippen molar-refractivity contribution in [2.24, 2.45) is 11.8 Å². The maximum atomic E-state index is 12.5. The van der Waals surface area contributed by atoms with Gasteiger partial charge in [0.15, 0.2) is 0 Å². The molecule has 4 heteroatoms. The molecule has 0 aliphatic carbocycles. The number of halogens is 2. The van der Waals surface area contributed by atoms with Crippen molar-refractivity contribution in [3.63, 3.8) is 0 Å². The average Bonchev–Trinajstić information content (AvgIpc) is 1.54. The highest BCUT2D eigenvalue weighted by atomic mass is 19.3. The highest BCUT2D eigenvalue weighted by Crippen LogP contribution is 2.29. The largest absolute Gasteiger partial charge is 0.481 e. The summed E-state index contributed by atoms with van der Waals surface area (Å²) in [6.45, 7) is 3.57. The highest BCUT2D eigenvalue weighted by molar-refractivity contribution is 5.71. The molecule has 0 amide bonds. The Morgan fingerprint density at radius 3 is 1.82 bits per heavy atom. The van der Waals surface area contributed by atoms with E-state index in [0.29, 0.717) is 6.92 Å². The van der Waals surface area contributed by atoms with Crippen LogP contribution in [0.25, 0.3) is 0 Å². The monoisotopic (exact) mass is 166 g/mol. The molecule has 0 aromatic rings. The first-order chi connectivity index (χ1) is 4.76. The summed E-state index contributed by atoms with van der Waals surface area (Å²) in [5.41, 5.74) is 0. The molecule has 0 aliphatic rings. The molecule has 1 unspecified atom stereocenters. The maximum Gasteiger partial charge on any atom is 0.312 e. The summed E-state index contributed by atoms with van der Waals surface area (Å²) in [6.07, 6.45) is 0. The Labute approximate surface area is 64.2 Å². The van der Waals surface area contributed by atoms with Crippen molar-refractivity contribution in [3.8, 4) is 0 Å². The molecule has 0 rings (SSSR count). The second kappa shape index (κ2) is 3.15. The normalized spacial score (nSPS) is 15.1. The quantitative estimate of drug-likeness (QED) is 0.696. The number of hydrogen-bond donors (Lipinski definition) is 1. The molecule has 0 aliphatic heterocycles. The molecule has 2 nitrogen and oxygen atoms in total. The molecule has 66 valence electrons. The molecule has 0 fully saturated rings. The van der Waals surface area contributed by atoms with Gasteiger partial charge in [0.1, 0.15) is 5.92 Å². The van der Waals surface area contributed by atoms with Crippen LogP contribution in [-0.2, 0) is 4.79 Å². The van der Waals surface area contributed by atoms with Crippen LogP contribution in [0.3, 0.4) is 0 Å². The zero-order chi connectivity index (χ0) is 9.23. The molecule has 0 aromatic carbocycles. The molecule has 1 N–H and O–H groups in total. The second-order valence-electron chi connectivity index (χ2n) is 3.02. The third-order valence-corrected chi connectivity index (χ3v) is 1.48. The highest BCUT2D eigenvalue weighted by Gasteiger charge is 2.41. The summed E-state index contributed by atoms with van der Waals surface area (Å²) in [5.74, 6) is -6.71. The van der Waals surface area contributed by atoms with Crippen LogP contribution in [0.2, 0.25) is 0 Å². The van der Waals surface area contributed by atoms with Gasteiger partial charge < -0.3 is 5.11 Å². The first-order valence-corrected chi connectivity index (χ1v) is 3.37. The van der Waals surface area contributed by atoms with E-state index in [-0.39, 0.29) is 0 Å². The number of alkyl halides is 2. The van der Waals surface area contributed by atoms with Crippen LogP contribution in [0.4, 0.5) is 8.78 Å². The number of carboxylic acids is 1. The van der Waals surface area contributed by atoms with Crippen LogP contribution in [0, 0.1) is 11.8 Å². The van der Waals surface area contributed by atoms with E-state index in [4.69, 9.17) is 5.11 Å². The average molecular weight is 166 g/mol. The van der Waals surface area contributed by atoms with Crippen molar-refractivity contribution >= 4 is 5.97 Å². The van der Waals surface area contributed by atoms with Crippen LogP contribution in [-0.4, -0.2) is 17.0 Å². The Balaban J connectivity index is 4.49. The molecule has 0 aromatic heterocycles. The third kappa shape index (κ3) is 2.82. The first-order valence-electron chi connectivity index (χ1n) is 3.37. The molecule has 0 bridgehead atoms. The Morgan fingerprint density at radius 1 is 1.45 bits per heavy atom. The van der Waals surface area contributed by atoms with Crippen LogP contribution < -0.4 is 0 Å². The minimum absolute atomic E-state index is 0.549. The van der Waals surface area contributed by atoms with Crippen molar-refractivity contribution in [1.29, 1.82) is 0 Å². The molecule has 0 heterocycles. The van der Waals surface area contributed by atoms with Gasteiger partial charge in [0.25, 0.3) is 5.92 Å². The van der Waals surface area contributed by atoms with Crippen LogP contribution in [0.1, 0.15) is 20.8 Å².